The summed E-state index contributed by atoms with van der Waals surface area (Å²) in [7, 11) is 0. The summed E-state index contributed by atoms with van der Waals surface area (Å²) in [6.07, 6.45) is 4.03. The minimum atomic E-state index is -5.06. The van der Waals surface area contributed by atoms with Gasteiger partial charge in [-0.3, -0.25) is 9.59 Å². The second-order valence-corrected chi connectivity index (χ2v) is 8.19. The minimum Gasteiger partial charge on any atom is -0.397 e. The molecule has 1 aromatic carbocycles. The van der Waals surface area contributed by atoms with Gasteiger partial charge in [-0.2, -0.15) is 13.2 Å². The summed E-state index contributed by atoms with van der Waals surface area (Å²) < 4.78 is 68.5. The Morgan fingerprint density at radius 3 is 2.25 bits per heavy atom. The van der Waals surface area contributed by atoms with Crippen LogP contribution in [-0.2, 0) is 6.18 Å². The van der Waals surface area contributed by atoms with Gasteiger partial charge in [0.15, 0.2) is 5.69 Å². The number of alkyl halides is 3. The molecule has 1 aliphatic rings. The normalized spacial score (nSPS) is 14.1. The highest BCUT2D eigenvalue weighted by Crippen LogP contribution is 2.39. The number of pyridine rings is 2. The molecule has 0 atom stereocenters. The average molecular weight is 509 g/mol. The third kappa shape index (κ3) is 6.45. The maximum atomic E-state index is 14.1. The molecule has 0 saturated heterocycles. The first-order valence-electron chi connectivity index (χ1n) is 11.0. The highest BCUT2D eigenvalue weighted by Gasteiger charge is 2.37. The molecule has 1 fully saturated rings. The van der Waals surface area contributed by atoms with Gasteiger partial charge >= 0.3 is 6.18 Å². The number of nitrogens with one attached hydrogen (secondary N) is 2. The summed E-state index contributed by atoms with van der Waals surface area (Å²) in [6, 6.07) is 4.46. The number of nitrogen functional groups attached to an aromatic ring is 1. The van der Waals surface area contributed by atoms with E-state index >= 15 is 0 Å². The van der Waals surface area contributed by atoms with Crippen molar-refractivity contribution in [1.29, 1.82) is 0 Å². The van der Waals surface area contributed by atoms with Crippen molar-refractivity contribution in [2.45, 2.75) is 44.3 Å². The Labute approximate surface area is 202 Å². The number of carbonyl (C=O) groups is 1. The lowest BCUT2D eigenvalue weighted by Gasteiger charge is -2.16. The number of aromatic nitrogens is 2. The Hall–Kier alpha value is -3.80. The number of H-pyrrole nitrogens is 1. The van der Waals surface area contributed by atoms with E-state index in [2.05, 4.69) is 15.3 Å². The molecule has 0 unspecified atom stereocenters. The Morgan fingerprint density at radius 2 is 1.72 bits per heavy atom. The molecular weight excluding hydrogens is 485 g/mol. The van der Waals surface area contributed by atoms with Crippen LogP contribution in [0.5, 0.6) is 0 Å². The molecule has 0 aliphatic heterocycles. The third-order valence-corrected chi connectivity index (χ3v) is 5.49. The van der Waals surface area contributed by atoms with Crippen molar-refractivity contribution in [2.24, 2.45) is 5.73 Å². The average Bonchev–Trinajstić information content (AvgIpc) is 2.81. The van der Waals surface area contributed by atoms with E-state index in [0.717, 1.165) is 30.5 Å². The van der Waals surface area contributed by atoms with Crippen molar-refractivity contribution < 1.29 is 26.7 Å². The van der Waals surface area contributed by atoms with Gasteiger partial charge in [-0.05, 0) is 31.0 Å². The number of halogens is 5. The standard InChI is InChI=1S/C18H11F5N4O2.C6H13N/c19-9-2-1-3-10(20)14(9)15-8(18(21,22)23)6-11(24)16(27-15)17(29)26-12-7-25-5-4-13(12)28;7-6-4-2-1-3-5-6/h1-7H,24H2,(H,25,28)(H,26,29);6H,1-5,7H2. The van der Waals surface area contributed by atoms with Crippen LogP contribution in [0, 0.1) is 11.6 Å². The number of rotatable bonds is 3. The SMILES string of the molecule is NC1CCCCC1.Nc1cc(C(F)(F)F)c(-c2c(F)cccc2F)nc1C(=O)Nc1c[nH]ccc1=O. The van der Waals surface area contributed by atoms with Gasteiger partial charge in [0.2, 0.25) is 5.43 Å². The van der Waals surface area contributed by atoms with E-state index in [1.165, 1.54) is 38.3 Å². The number of benzene rings is 1. The van der Waals surface area contributed by atoms with Crippen LogP contribution in [0.25, 0.3) is 11.3 Å². The van der Waals surface area contributed by atoms with Crippen LogP contribution < -0.4 is 22.2 Å². The predicted molar refractivity (Wildman–Crippen MR) is 125 cm³/mol. The van der Waals surface area contributed by atoms with Gasteiger partial charge in [-0.1, -0.05) is 25.3 Å². The first-order chi connectivity index (χ1) is 17.0. The fourth-order valence-electron chi connectivity index (χ4n) is 3.67. The molecule has 7 nitrogen and oxygen atoms in total. The van der Waals surface area contributed by atoms with Crippen molar-refractivity contribution >= 4 is 17.3 Å². The van der Waals surface area contributed by atoms with Crippen LogP contribution in [0.3, 0.4) is 0 Å². The maximum Gasteiger partial charge on any atom is 0.418 e. The van der Waals surface area contributed by atoms with Gasteiger partial charge in [0.25, 0.3) is 5.91 Å². The highest BCUT2D eigenvalue weighted by atomic mass is 19.4. The quantitative estimate of drug-likeness (QED) is 0.376. The van der Waals surface area contributed by atoms with Gasteiger partial charge in [-0.25, -0.2) is 13.8 Å². The van der Waals surface area contributed by atoms with Gasteiger partial charge in [-0.15, -0.1) is 0 Å². The zero-order chi connectivity index (χ0) is 26.5. The Kier molecular flexibility index (Phi) is 8.41. The molecule has 2 aromatic heterocycles. The van der Waals surface area contributed by atoms with Crippen molar-refractivity contribution in [3.05, 3.63) is 75.8 Å². The van der Waals surface area contributed by atoms with E-state index in [0.29, 0.717) is 12.1 Å². The van der Waals surface area contributed by atoms with Crippen molar-refractivity contribution in [2.75, 3.05) is 11.1 Å². The Morgan fingerprint density at radius 1 is 1.08 bits per heavy atom. The number of nitrogens with zero attached hydrogens (tertiary/aromatic N) is 1. The molecule has 12 heteroatoms. The third-order valence-electron chi connectivity index (χ3n) is 5.49. The molecule has 3 aromatic rings. The smallest absolute Gasteiger partial charge is 0.397 e. The molecule has 0 spiro atoms. The lowest BCUT2D eigenvalue weighted by Crippen LogP contribution is -2.22. The number of aromatic amines is 1. The molecular formula is C24H24F5N5O2. The summed E-state index contributed by atoms with van der Waals surface area (Å²) >= 11 is 0. The number of carbonyl (C=O) groups excluding carboxylic acids is 1. The highest BCUT2D eigenvalue weighted by molar-refractivity contribution is 6.06. The number of amides is 1. The molecule has 1 amide bonds. The minimum absolute atomic E-state index is 0.225. The first kappa shape index (κ1) is 26.8. The number of hydrogen-bond donors (Lipinski definition) is 4. The lowest BCUT2D eigenvalue weighted by molar-refractivity contribution is -0.137. The largest absolute Gasteiger partial charge is 0.418 e. The van der Waals surface area contributed by atoms with E-state index < -0.39 is 57.3 Å². The van der Waals surface area contributed by atoms with Gasteiger partial charge in [0, 0.05) is 24.5 Å². The molecule has 36 heavy (non-hydrogen) atoms. The van der Waals surface area contributed by atoms with Gasteiger partial charge < -0.3 is 21.8 Å². The zero-order valence-electron chi connectivity index (χ0n) is 19.0. The molecule has 2 heterocycles. The van der Waals surface area contributed by atoms with Gasteiger partial charge in [0.1, 0.15) is 17.3 Å². The molecule has 0 radical (unpaired) electrons. The van der Waals surface area contributed by atoms with Crippen molar-refractivity contribution in [1.82, 2.24) is 9.97 Å². The molecule has 4 rings (SSSR count). The van der Waals surface area contributed by atoms with E-state index in [-0.39, 0.29) is 5.69 Å². The summed E-state index contributed by atoms with van der Waals surface area (Å²) in [5.41, 5.74) is 5.20. The molecule has 0 bridgehead atoms. The lowest BCUT2D eigenvalue weighted by atomic mass is 9.97. The topological polar surface area (TPSA) is 127 Å². The van der Waals surface area contributed by atoms with E-state index in [9.17, 15) is 31.5 Å². The summed E-state index contributed by atoms with van der Waals surface area (Å²) in [5, 5.41) is 2.14. The van der Waals surface area contributed by atoms with E-state index in [4.69, 9.17) is 11.5 Å². The second-order valence-electron chi connectivity index (χ2n) is 8.19. The molecule has 1 saturated carbocycles. The van der Waals surface area contributed by atoms with Crippen LogP contribution in [0.1, 0.15) is 48.2 Å². The fraction of sp³-hybridized carbons (Fsp3) is 0.292. The predicted octanol–water partition coefficient (Wildman–Crippen LogP) is 4.85. The number of hydrogen-bond acceptors (Lipinski definition) is 5. The van der Waals surface area contributed by atoms with Crippen LogP contribution in [-0.4, -0.2) is 21.9 Å². The Bertz CT molecular complexity index is 1270. The maximum absolute atomic E-state index is 14.1. The summed E-state index contributed by atoms with van der Waals surface area (Å²) in [5.74, 6) is -3.75. The zero-order valence-corrected chi connectivity index (χ0v) is 19.0. The number of anilines is 2. The van der Waals surface area contributed by atoms with Crippen molar-refractivity contribution in [3.63, 3.8) is 0 Å². The number of nitrogens with two attached hydrogens (primary N) is 2. The van der Waals surface area contributed by atoms with Gasteiger partial charge in [0.05, 0.1) is 22.5 Å². The molecule has 6 N–H and O–H groups in total. The van der Waals surface area contributed by atoms with E-state index in [1.54, 1.807) is 0 Å². The summed E-state index contributed by atoms with van der Waals surface area (Å²) in [6.45, 7) is 0. The van der Waals surface area contributed by atoms with E-state index in [1.807, 2.05) is 0 Å². The van der Waals surface area contributed by atoms with Crippen LogP contribution >= 0.6 is 0 Å². The van der Waals surface area contributed by atoms with Crippen molar-refractivity contribution in [3.8, 4) is 11.3 Å². The Balaban J connectivity index is 0.000000444. The van der Waals surface area contributed by atoms with Crippen LogP contribution in [0.4, 0.5) is 33.3 Å². The fourth-order valence-corrected chi connectivity index (χ4v) is 3.67. The molecule has 192 valence electrons. The monoisotopic (exact) mass is 509 g/mol. The summed E-state index contributed by atoms with van der Waals surface area (Å²) in [4.78, 5) is 30.2. The van der Waals surface area contributed by atoms with Crippen LogP contribution in [0.2, 0.25) is 0 Å². The molecule has 1 aliphatic carbocycles. The second kappa shape index (κ2) is 11.3. The first-order valence-corrected chi connectivity index (χ1v) is 11.0. The van der Waals surface area contributed by atoms with Crippen LogP contribution in [0.15, 0.2) is 47.5 Å².